The Kier molecular flexibility index (Phi) is 5.69. The molecule has 3 aromatic rings. The smallest absolute Gasteiger partial charge is 0.295 e. The van der Waals surface area contributed by atoms with Gasteiger partial charge in [-0.1, -0.05) is 72.3 Å². The molecule has 4 nitrogen and oxygen atoms in total. The molecule has 0 spiro atoms. The van der Waals surface area contributed by atoms with E-state index in [0.717, 1.165) is 28.6 Å². The Morgan fingerprint density at radius 3 is 2.24 bits per heavy atom. The molecule has 0 aliphatic carbocycles. The fourth-order valence-electron chi connectivity index (χ4n) is 2.95. The number of carbonyl (C=O) groups is 2. The number of carbonyl (C=O) groups excluding carboxylic acids is 2. The lowest BCUT2D eigenvalue weighted by Crippen LogP contribution is -2.33. The Morgan fingerprint density at radius 1 is 0.862 bits per heavy atom. The number of nitrogens with zero attached hydrogens (tertiary/aromatic N) is 1. The zero-order valence-electron chi connectivity index (χ0n) is 15.3. The van der Waals surface area contributed by atoms with Crippen LogP contribution in [0.1, 0.15) is 5.56 Å². The van der Waals surface area contributed by atoms with E-state index in [0.29, 0.717) is 15.5 Å². The van der Waals surface area contributed by atoms with Crippen molar-refractivity contribution >= 4 is 46.3 Å². The van der Waals surface area contributed by atoms with Gasteiger partial charge in [-0.15, -0.1) is 0 Å². The Bertz CT molecular complexity index is 1080. The minimum Gasteiger partial charge on any atom is -0.367 e. The topological polar surface area (TPSA) is 49.4 Å². The van der Waals surface area contributed by atoms with Gasteiger partial charge in [0.05, 0.1) is 11.6 Å². The van der Waals surface area contributed by atoms with Gasteiger partial charge in [0.2, 0.25) is 0 Å². The van der Waals surface area contributed by atoms with Crippen molar-refractivity contribution in [3.8, 4) is 11.1 Å². The van der Waals surface area contributed by atoms with Crippen LogP contribution >= 0.6 is 23.4 Å². The maximum atomic E-state index is 12.6. The van der Waals surface area contributed by atoms with Gasteiger partial charge in [0, 0.05) is 10.7 Å². The Morgan fingerprint density at radius 2 is 1.52 bits per heavy atom. The summed E-state index contributed by atoms with van der Waals surface area (Å²) in [6, 6.07) is 25.2. The van der Waals surface area contributed by atoms with Crippen LogP contribution in [-0.2, 0) is 4.79 Å². The summed E-state index contributed by atoms with van der Waals surface area (Å²) in [5.74, 6) is -0.326. The third-order valence-electron chi connectivity index (χ3n) is 4.50. The second-order valence-corrected chi connectivity index (χ2v) is 7.81. The molecular formula is C23H17ClN2O2S. The van der Waals surface area contributed by atoms with Crippen molar-refractivity contribution in [3.63, 3.8) is 0 Å². The number of anilines is 1. The van der Waals surface area contributed by atoms with Crippen LogP contribution in [0.2, 0.25) is 5.02 Å². The Balaban J connectivity index is 1.43. The normalized spacial score (nSPS) is 15.2. The van der Waals surface area contributed by atoms with Crippen LogP contribution in [0.25, 0.3) is 17.2 Å². The quantitative estimate of drug-likeness (QED) is 0.505. The molecule has 0 unspecified atom stereocenters. The maximum absolute atomic E-state index is 12.6. The van der Waals surface area contributed by atoms with E-state index in [2.05, 4.69) is 5.32 Å². The highest BCUT2D eigenvalue weighted by Crippen LogP contribution is 2.33. The second kappa shape index (κ2) is 8.55. The molecular weight excluding hydrogens is 404 g/mol. The largest absolute Gasteiger partial charge is 0.367 e. The Hall–Kier alpha value is -3.02. The zero-order valence-corrected chi connectivity index (χ0v) is 16.9. The van der Waals surface area contributed by atoms with Gasteiger partial charge in [-0.05, 0) is 52.7 Å². The number of hydrogen-bond acceptors (Lipinski definition) is 4. The van der Waals surface area contributed by atoms with Gasteiger partial charge in [-0.25, -0.2) is 0 Å². The van der Waals surface area contributed by atoms with Crippen LogP contribution in [0.5, 0.6) is 0 Å². The first-order valence-electron chi connectivity index (χ1n) is 9.01. The molecule has 0 bridgehead atoms. The lowest BCUT2D eigenvalue weighted by molar-refractivity contribution is -0.122. The monoisotopic (exact) mass is 420 g/mol. The third kappa shape index (κ3) is 4.36. The minimum atomic E-state index is -0.326. The van der Waals surface area contributed by atoms with Gasteiger partial charge in [-0.3, -0.25) is 14.5 Å². The molecule has 0 saturated carbocycles. The number of imide groups is 1. The summed E-state index contributed by atoms with van der Waals surface area (Å²) in [5, 5.41) is 3.37. The average molecular weight is 421 g/mol. The summed E-state index contributed by atoms with van der Waals surface area (Å²) in [4.78, 5) is 26.5. The standard InChI is InChI=1S/C23H17ClN2O2S/c24-20-9-5-4-8-18(20)14-21-22(27)26(23(28)29-21)15-25-19-12-10-17(11-13-19)16-6-2-1-3-7-16/h1-14,25H,15H2. The lowest BCUT2D eigenvalue weighted by atomic mass is 10.1. The molecule has 0 atom stereocenters. The van der Waals surface area contributed by atoms with Crippen molar-refractivity contribution in [3.05, 3.63) is 94.4 Å². The molecule has 1 aliphatic heterocycles. The third-order valence-corrected chi connectivity index (χ3v) is 5.75. The molecule has 1 N–H and O–H groups in total. The summed E-state index contributed by atoms with van der Waals surface area (Å²) in [6.45, 7) is 0.106. The molecule has 6 heteroatoms. The molecule has 1 aliphatic rings. The van der Waals surface area contributed by atoms with Crippen LogP contribution < -0.4 is 5.32 Å². The molecule has 3 aromatic carbocycles. The molecule has 1 heterocycles. The fourth-order valence-corrected chi connectivity index (χ4v) is 3.97. The van der Waals surface area contributed by atoms with Crippen molar-refractivity contribution < 1.29 is 9.59 Å². The van der Waals surface area contributed by atoms with E-state index in [9.17, 15) is 9.59 Å². The number of amides is 2. The molecule has 1 fully saturated rings. The van der Waals surface area contributed by atoms with Gasteiger partial charge in [0.25, 0.3) is 11.1 Å². The number of nitrogens with one attached hydrogen (secondary N) is 1. The SMILES string of the molecule is O=C1SC(=Cc2ccccc2Cl)C(=O)N1CNc1ccc(-c2ccccc2)cc1. The highest BCUT2D eigenvalue weighted by Gasteiger charge is 2.34. The first-order valence-corrected chi connectivity index (χ1v) is 10.2. The predicted molar refractivity (Wildman–Crippen MR) is 120 cm³/mol. The van der Waals surface area contributed by atoms with Crippen molar-refractivity contribution in [2.75, 3.05) is 12.0 Å². The van der Waals surface area contributed by atoms with Crippen LogP contribution in [0.15, 0.2) is 83.8 Å². The first kappa shape index (κ1) is 19.3. The van der Waals surface area contributed by atoms with Crippen molar-refractivity contribution in [2.24, 2.45) is 0 Å². The average Bonchev–Trinajstić information content (AvgIpc) is 3.02. The number of thioether (sulfide) groups is 1. The fraction of sp³-hybridized carbons (Fsp3) is 0.0435. The van der Waals surface area contributed by atoms with Gasteiger partial charge < -0.3 is 5.32 Å². The molecule has 2 amide bonds. The Labute approximate surface area is 178 Å². The van der Waals surface area contributed by atoms with Crippen LogP contribution in [0.3, 0.4) is 0 Å². The number of halogens is 1. The van der Waals surface area contributed by atoms with Crippen molar-refractivity contribution in [2.45, 2.75) is 0 Å². The molecule has 0 aromatic heterocycles. The highest BCUT2D eigenvalue weighted by atomic mass is 35.5. The zero-order chi connectivity index (χ0) is 20.2. The van der Waals surface area contributed by atoms with Gasteiger partial charge in [-0.2, -0.15) is 0 Å². The van der Waals surface area contributed by atoms with Crippen LogP contribution in [0, 0.1) is 0 Å². The van der Waals surface area contributed by atoms with E-state index < -0.39 is 0 Å². The predicted octanol–water partition coefficient (Wildman–Crippen LogP) is 6.11. The second-order valence-electron chi connectivity index (χ2n) is 6.41. The highest BCUT2D eigenvalue weighted by molar-refractivity contribution is 8.18. The van der Waals surface area contributed by atoms with E-state index in [1.807, 2.05) is 72.8 Å². The van der Waals surface area contributed by atoms with Crippen LogP contribution in [-0.4, -0.2) is 22.7 Å². The van der Waals surface area contributed by atoms with Gasteiger partial charge in [0.15, 0.2) is 0 Å². The molecule has 4 rings (SSSR count). The number of rotatable bonds is 5. The van der Waals surface area contributed by atoms with Crippen molar-refractivity contribution in [1.29, 1.82) is 0 Å². The summed E-state index contributed by atoms with van der Waals surface area (Å²) < 4.78 is 0. The lowest BCUT2D eigenvalue weighted by Gasteiger charge is -2.14. The number of hydrogen-bond donors (Lipinski definition) is 1. The molecule has 144 valence electrons. The van der Waals surface area contributed by atoms with E-state index in [4.69, 9.17) is 11.6 Å². The minimum absolute atomic E-state index is 0.106. The summed E-state index contributed by atoms with van der Waals surface area (Å²) in [7, 11) is 0. The molecule has 0 radical (unpaired) electrons. The van der Waals surface area contributed by atoms with Crippen LogP contribution in [0.4, 0.5) is 10.5 Å². The first-order chi connectivity index (χ1) is 14.1. The molecule has 1 saturated heterocycles. The number of benzene rings is 3. The molecule has 29 heavy (non-hydrogen) atoms. The summed E-state index contributed by atoms with van der Waals surface area (Å²) >= 11 is 7.07. The van der Waals surface area contributed by atoms with E-state index in [1.165, 1.54) is 4.90 Å². The van der Waals surface area contributed by atoms with E-state index in [1.54, 1.807) is 12.1 Å². The van der Waals surface area contributed by atoms with E-state index >= 15 is 0 Å². The van der Waals surface area contributed by atoms with E-state index in [-0.39, 0.29) is 17.8 Å². The van der Waals surface area contributed by atoms with Crippen molar-refractivity contribution in [1.82, 2.24) is 4.90 Å². The summed E-state index contributed by atoms with van der Waals surface area (Å²) in [6.07, 6.45) is 1.65. The maximum Gasteiger partial charge on any atom is 0.295 e. The van der Waals surface area contributed by atoms with Gasteiger partial charge in [0.1, 0.15) is 0 Å². The van der Waals surface area contributed by atoms with Gasteiger partial charge >= 0.3 is 0 Å². The summed E-state index contributed by atoms with van der Waals surface area (Å²) in [5.41, 5.74) is 3.78.